The van der Waals surface area contributed by atoms with Gasteiger partial charge >= 0.3 is 0 Å². The molecule has 3 rings (SSSR count). The highest BCUT2D eigenvalue weighted by Gasteiger charge is 2.26. The van der Waals surface area contributed by atoms with Crippen LogP contribution in [0.15, 0.2) is 52.9 Å². The summed E-state index contributed by atoms with van der Waals surface area (Å²) < 4.78 is 27.1. The van der Waals surface area contributed by atoms with Crippen LogP contribution in [0, 0.1) is 21.4 Å². The largest absolute Gasteiger partial charge is 0.321 e. The van der Waals surface area contributed by atoms with Gasteiger partial charge < -0.3 is 5.32 Å². The van der Waals surface area contributed by atoms with Crippen molar-refractivity contribution in [1.29, 1.82) is 5.26 Å². The summed E-state index contributed by atoms with van der Waals surface area (Å²) >= 11 is 6.03. The molecule has 1 N–H and O–H groups in total. The number of hydrogen-bond acceptors (Lipinski definition) is 6. The van der Waals surface area contributed by atoms with Gasteiger partial charge in [0.15, 0.2) is 0 Å². The number of rotatable bonds is 6. The monoisotopic (exact) mass is 474 g/mol. The minimum atomic E-state index is -3.69. The number of nitro benzene ring substituents is 1. The molecular formula is C21H19ClN4O5S. The molecule has 9 nitrogen and oxygen atoms in total. The molecule has 1 aliphatic rings. The van der Waals surface area contributed by atoms with Crippen LogP contribution in [0.1, 0.15) is 24.8 Å². The lowest BCUT2D eigenvalue weighted by molar-refractivity contribution is -0.384. The van der Waals surface area contributed by atoms with Crippen LogP contribution in [0.2, 0.25) is 5.02 Å². The number of halogens is 1. The number of sulfonamides is 1. The molecule has 1 amide bonds. The minimum absolute atomic E-state index is 0.0430. The van der Waals surface area contributed by atoms with Gasteiger partial charge in [0.05, 0.1) is 9.82 Å². The van der Waals surface area contributed by atoms with Crippen LogP contribution in [-0.4, -0.2) is 36.6 Å². The SMILES string of the molecule is N#C/C(=C\c1cc([N+](=O)[O-])ccc1Cl)C(=O)Nc1cccc(S(=O)(=O)N2CCCCC2)c1. The van der Waals surface area contributed by atoms with Crippen LogP contribution in [0.5, 0.6) is 0 Å². The molecule has 1 aliphatic heterocycles. The minimum Gasteiger partial charge on any atom is -0.321 e. The fourth-order valence-corrected chi connectivity index (χ4v) is 4.98. The van der Waals surface area contributed by atoms with Crippen molar-refractivity contribution >= 4 is 45.0 Å². The third kappa shape index (κ3) is 5.31. The maximum atomic E-state index is 12.9. The van der Waals surface area contributed by atoms with Crippen LogP contribution in [-0.2, 0) is 14.8 Å². The molecule has 2 aromatic carbocycles. The number of hydrogen-bond donors (Lipinski definition) is 1. The summed E-state index contributed by atoms with van der Waals surface area (Å²) in [5.74, 6) is -0.803. The van der Waals surface area contributed by atoms with E-state index in [4.69, 9.17) is 11.6 Å². The van der Waals surface area contributed by atoms with E-state index in [9.17, 15) is 28.6 Å². The molecule has 0 bridgehead atoms. The Bertz CT molecular complexity index is 1230. The first-order chi connectivity index (χ1) is 15.2. The number of piperidine rings is 1. The molecule has 32 heavy (non-hydrogen) atoms. The highest BCUT2D eigenvalue weighted by molar-refractivity contribution is 7.89. The van der Waals surface area contributed by atoms with E-state index in [0.29, 0.717) is 13.1 Å². The van der Waals surface area contributed by atoms with Crippen LogP contribution in [0.3, 0.4) is 0 Å². The number of benzene rings is 2. The van der Waals surface area contributed by atoms with Gasteiger partial charge in [0.1, 0.15) is 11.6 Å². The maximum absolute atomic E-state index is 12.9. The van der Waals surface area contributed by atoms with Gasteiger partial charge in [0.2, 0.25) is 10.0 Å². The quantitative estimate of drug-likeness (QED) is 0.291. The normalized spacial score (nSPS) is 15.1. The van der Waals surface area contributed by atoms with Crippen LogP contribution in [0.25, 0.3) is 6.08 Å². The zero-order valence-corrected chi connectivity index (χ0v) is 18.4. The lowest BCUT2D eigenvalue weighted by Gasteiger charge is -2.26. The predicted molar refractivity (Wildman–Crippen MR) is 119 cm³/mol. The summed E-state index contributed by atoms with van der Waals surface area (Å²) in [6.45, 7) is 0.897. The molecule has 2 aromatic rings. The van der Waals surface area contributed by atoms with Crippen molar-refractivity contribution in [3.63, 3.8) is 0 Å². The number of nitrogens with one attached hydrogen (secondary N) is 1. The van der Waals surface area contributed by atoms with Crippen LogP contribution >= 0.6 is 11.6 Å². The first-order valence-corrected chi connectivity index (χ1v) is 11.5. The molecule has 0 unspecified atom stereocenters. The number of nitriles is 1. The topological polar surface area (TPSA) is 133 Å². The Morgan fingerprint density at radius 2 is 1.91 bits per heavy atom. The van der Waals surface area contributed by atoms with Crippen molar-refractivity contribution in [2.24, 2.45) is 0 Å². The number of carbonyl (C=O) groups is 1. The Balaban J connectivity index is 1.84. The van der Waals surface area contributed by atoms with Gasteiger partial charge in [-0.2, -0.15) is 9.57 Å². The van der Waals surface area contributed by atoms with E-state index < -0.39 is 20.9 Å². The van der Waals surface area contributed by atoms with Crippen molar-refractivity contribution in [2.75, 3.05) is 18.4 Å². The lowest BCUT2D eigenvalue weighted by atomic mass is 10.1. The van der Waals surface area contributed by atoms with E-state index in [1.54, 1.807) is 6.07 Å². The summed E-state index contributed by atoms with van der Waals surface area (Å²) in [7, 11) is -3.69. The molecule has 0 saturated carbocycles. The van der Waals surface area contributed by atoms with Gasteiger partial charge in [-0.05, 0) is 43.2 Å². The first-order valence-electron chi connectivity index (χ1n) is 9.69. The predicted octanol–water partition coefficient (Wildman–Crippen LogP) is 3.97. The molecule has 11 heteroatoms. The Hall–Kier alpha value is -3.26. The average Bonchev–Trinajstić information content (AvgIpc) is 2.79. The van der Waals surface area contributed by atoms with Crippen LogP contribution < -0.4 is 5.32 Å². The summed E-state index contributed by atoms with van der Waals surface area (Å²) in [4.78, 5) is 23.0. The average molecular weight is 475 g/mol. The second-order valence-electron chi connectivity index (χ2n) is 7.08. The lowest BCUT2D eigenvalue weighted by Crippen LogP contribution is -2.35. The summed E-state index contributed by atoms with van der Waals surface area (Å²) in [5, 5.41) is 23.0. The Kier molecular flexibility index (Phi) is 7.25. The Morgan fingerprint density at radius 3 is 2.56 bits per heavy atom. The van der Waals surface area contributed by atoms with Crippen molar-refractivity contribution in [2.45, 2.75) is 24.2 Å². The second kappa shape index (κ2) is 9.91. The van der Waals surface area contributed by atoms with Crippen molar-refractivity contribution in [3.05, 3.63) is 68.7 Å². The third-order valence-corrected chi connectivity index (χ3v) is 7.14. The summed E-state index contributed by atoms with van der Waals surface area (Å²) in [6.07, 6.45) is 3.72. The summed E-state index contributed by atoms with van der Waals surface area (Å²) in [5.41, 5.74) is -0.265. The highest BCUT2D eigenvalue weighted by Crippen LogP contribution is 2.26. The number of carbonyl (C=O) groups excluding carboxylic acids is 1. The fourth-order valence-electron chi connectivity index (χ4n) is 3.25. The van der Waals surface area contributed by atoms with E-state index in [2.05, 4.69) is 5.32 Å². The molecule has 0 aliphatic carbocycles. The molecule has 1 heterocycles. The number of nitro groups is 1. The van der Waals surface area contributed by atoms with Gasteiger partial charge in [0.25, 0.3) is 11.6 Å². The van der Waals surface area contributed by atoms with Gasteiger partial charge in [0, 0.05) is 41.5 Å². The standard InChI is InChI=1S/C21H19ClN4O5S/c22-20-8-7-18(26(28)29)12-15(20)11-16(14-23)21(27)24-17-5-4-6-19(13-17)32(30,31)25-9-2-1-3-10-25/h4-8,11-13H,1-3,9-10H2,(H,24,27)/b16-11+. The third-order valence-electron chi connectivity index (χ3n) is 4.90. The molecule has 0 atom stereocenters. The molecule has 0 spiro atoms. The molecule has 1 fully saturated rings. The van der Waals surface area contributed by atoms with Gasteiger partial charge in [-0.1, -0.05) is 24.1 Å². The first kappa shape index (κ1) is 23.4. The number of nitrogens with zero attached hydrogens (tertiary/aromatic N) is 3. The highest BCUT2D eigenvalue weighted by atomic mass is 35.5. The van der Waals surface area contributed by atoms with Crippen LogP contribution in [0.4, 0.5) is 11.4 Å². The van der Waals surface area contributed by atoms with Gasteiger partial charge in [-0.3, -0.25) is 14.9 Å². The van der Waals surface area contributed by atoms with Gasteiger partial charge in [-0.25, -0.2) is 8.42 Å². The molecular weight excluding hydrogens is 456 g/mol. The van der Waals surface area contributed by atoms with Crippen molar-refractivity contribution < 1.29 is 18.1 Å². The zero-order chi connectivity index (χ0) is 23.3. The smallest absolute Gasteiger partial charge is 0.270 e. The van der Waals surface area contributed by atoms with E-state index in [-0.39, 0.29) is 32.4 Å². The molecule has 166 valence electrons. The van der Waals surface area contributed by atoms with Crippen molar-refractivity contribution in [1.82, 2.24) is 4.31 Å². The molecule has 1 saturated heterocycles. The second-order valence-corrected chi connectivity index (χ2v) is 9.42. The maximum Gasteiger partial charge on any atom is 0.270 e. The van der Waals surface area contributed by atoms with E-state index in [1.165, 1.54) is 40.7 Å². The summed E-state index contributed by atoms with van der Waals surface area (Å²) in [6, 6.07) is 11.2. The van der Waals surface area contributed by atoms with E-state index in [0.717, 1.165) is 31.4 Å². The van der Waals surface area contributed by atoms with E-state index in [1.807, 2.05) is 0 Å². The molecule has 0 aromatic heterocycles. The zero-order valence-electron chi connectivity index (χ0n) is 16.8. The number of amides is 1. The molecule has 0 radical (unpaired) electrons. The van der Waals surface area contributed by atoms with E-state index >= 15 is 0 Å². The fraction of sp³-hybridized carbons (Fsp3) is 0.238. The number of non-ortho nitro benzene ring substituents is 1. The van der Waals surface area contributed by atoms with Crippen molar-refractivity contribution in [3.8, 4) is 6.07 Å². The Labute approximate surface area is 190 Å². The Morgan fingerprint density at radius 1 is 1.19 bits per heavy atom. The number of anilines is 1. The van der Waals surface area contributed by atoms with Gasteiger partial charge in [-0.15, -0.1) is 0 Å².